The van der Waals surface area contributed by atoms with Crippen LogP contribution in [0.4, 0.5) is 0 Å². The minimum atomic E-state index is 0.132. The maximum Gasteiger partial charge on any atom is 0.254 e. The zero-order valence-corrected chi connectivity index (χ0v) is 11.7. The number of amides is 1. The van der Waals surface area contributed by atoms with Crippen LogP contribution in [0, 0.1) is 0 Å². The molecule has 2 aromatic rings. The summed E-state index contributed by atoms with van der Waals surface area (Å²) in [6.07, 6.45) is 1.90. The number of aromatic nitrogens is 1. The average Bonchev–Trinajstić information content (AvgIpc) is 2.90. The van der Waals surface area contributed by atoms with Gasteiger partial charge >= 0.3 is 0 Å². The summed E-state index contributed by atoms with van der Waals surface area (Å²) in [6.45, 7) is 3.52. The molecule has 98 valence electrons. The van der Waals surface area contributed by atoms with Crippen molar-refractivity contribution in [2.45, 2.75) is 26.3 Å². The van der Waals surface area contributed by atoms with Crippen LogP contribution >= 0.6 is 11.3 Å². The summed E-state index contributed by atoms with van der Waals surface area (Å²) in [4.78, 5) is 18.8. The largest absolute Gasteiger partial charge is 0.332 e. The summed E-state index contributed by atoms with van der Waals surface area (Å²) < 4.78 is 0. The molecule has 1 aliphatic rings. The van der Waals surface area contributed by atoms with Gasteiger partial charge in [0.2, 0.25) is 0 Å². The van der Waals surface area contributed by atoms with E-state index >= 15 is 0 Å². The highest BCUT2D eigenvalue weighted by Crippen LogP contribution is 2.21. The molecular weight excluding hydrogens is 256 g/mol. The predicted molar refractivity (Wildman–Crippen MR) is 76.4 cm³/mol. The first-order valence-electron chi connectivity index (χ1n) is 6.58. The molecule has 0 atom stereocenters. The number of carbonyl (C=O) groups is 1. The van der Waals surface area contributed by atoms with E-state index in [9.17, 15) is 4.79 Å². The first-order chi connectivity index (χ1) is 9.28. The molecule has 0 radical (unpaired) electrons. The molecule has 2 heterocycles. The zero-order chi connectivity index (χ0) is 13.2. The molecule has 0 aliphatic carbocycles. The van der Waals surface area contributed by atoms with Crippen LogP contribution in [0.2, 0.25) is 0 Å². The Kier molecular flexibility index (Phi) is 3.34. The van der Waals surface area contributed by atoms with Crippen molar-refractivity contribution < 1.29 is 4.79 Å². The molecular formula is C15H16N2OS. The Morgan fingerprint density at radius 3 is 3.00 bits per heavy atom. The monoisotopic (exact) mass is 272 g/mol. The van der Waals surface area contributed by atoms with E-state index in [-0.39, 0.29) is 5.91 Å². The maximum absolute atomic E-state index is 12.4. The minimum absolute atomic E-state index is 0.132. The number of carbonyl (C=O) groups excluding carboxylic acids is 1. The van der Waals surface area contributed by atoms with Gasteiger partial charge < -0.3 is 4.90 Å². The Bertz CT molecular complexity index is 606. The molecule has 1 amide bonds. The fourth-order valence-corrected chi connectivity index (χ4v) is 3.14. The van der Waals surface area contributed by atoms with Gasteiger partial charge in [-0.3, -0.25) is 4.79 Å². The second-order valence-corrected chi connectivity index (χ2v) is 5.66. The third-order valence-corrected chi connectivity index (χ3v) is 4.48. The standard InChI is InChI=1S/C15H16N2OS/c1-2-14-16-12(10-19-14)9-17-8-7-11-5-3-4-6-13(11)15(17)18/h3-6,10H,2,7-9H2,1H3. The van der Waals surface area contributed by atoms with Crippen molar-refractivity contribution in [2.24, 2.45) is 0 Å². The van der Waals surface area contributed by atoms with Crippen LogP contribution in [0.5, 0.6) is 0 Å². The van der Waals surface area contributed by atoms with E-state index in [1.807, 2.05) is 29.2 Å². The molecule has 0 fully saturated rings. The van der Waals surface area contributed by atoms with Crippen LogP contribution in [-0.4, -0.2) is 22.3 Å². The van der Waals surface area contributed by atoms with Gasteiger partial charge in [-0.25, -0.2) is 4.98 Å². The Balaban J connectivity index is 1.79. The summed E-state index contributed by atoms with van der Waals surface area (Å²) >= 11 is 1.68. The Labute approximate surface area is 116 Å². The molecule has 19 heavy (non-hydrogen) atoms. The van der Waals surface area contributed by atoms with Gasteiger partial charge in [-0.05, 0) is 24.5 Å². The van der Waals surface area contributed by atoms with Crippen LogP contribution in [0.1, 0.15) is 33.5 Å². The lowest BCUT2D eigenvalue weighted by Gasteiger charge is -2.27. The summed E-state index contributed by atoms with van der Waals surface area (Å²) in [5.41, 5.74) is 3.02. The first kappa shape index (κ1) is 12.4. The lowest BCUT2D eigenvalue weighted by molar-refractivity contribution is 0.0725. The normalized spacial score (nSPS) is 14.6. The molecule has 0 saturated carbocycles. The first-order valence-corrected chi connectivity index (χ1v) is 7.46. The maximum atomic E-state index is 12.4. The van der Waals surface area contributed by atoms with Crippen molar-refractivity contribution in [3.8, 4) is 0 Å². The summed E-state index contributed by atoms with van der Waals surface area (Å²) in [7, 11) is 0. The molecule has 3 nitrogen and oxygen atoms in total. The van der Waals surface area contributed by atoms with Gasteiger partial charge in [-0.2, -0.15) is 0 Å². The van der Waals surface area contributed by atoms with E-state index in [1.165, 1.54) is 0 Å². The number of benzene rings is 1. The van der Waals surface area contributed by atoms with Crippen LogP contribution in [-0.2, 0) is 19.4 Å². The molecule has 0 unspecified atom stereocenters. The predicted octanol–water partition coefficient (Wildman–Crippen LogP) is 2.90. The number of fused-ring (bicyclic) bond motifs is 1. The highest BCUT2D eigenvalue weighted by molar-refractivity contribution is 7.09. The molecule has 1 aliphatic heterocycles. The molecule has 0 saturated heterocycles. The van der Waals surface area contributed by atoms with Crippen molar-refractivity contribution in [1.29, 1.82) is 0 Å². The zero-order valence-electron chi connectivity index (χ0n) is 10.9. The smallest absolute Gasteiger partial charge is 0.254 e. The highest BCUT2D eigenvalue weighted by Gasteiger charge is 2.24. The SMILES string of the molecule is CCc1nc(CN2CCc3ccccc3C2=O)cs1. The molecule has 0 spiro atoms. The fraction of sp³-hybridized carbons (Fsp3) is 0.333. The van der Waals surface area contributed by atoms with Gasteiger partial charge in [-0.1, -0.05) is 25.1 Å². The van der Waals surface area contributed by atoms with Crippen molar-refractivity contribution in [3.05, 3.63) is 51.5 Å². The van der Waals surface area contributed by atoms with Crippen LogP contribution in [0.3, 0.4) is 0 Å². The number of hydrogen-bond acceptors (Lipinski definition) is 3. The summed E-state index contributed by atoms with van der Waals surface area (Å²) in [6, 6.07) is 7.89. The Morgan fingerprint density at radius 2 is 2.21 bits per heavy atom. The number of hydrogen-bond donors (Lipinski definition) is 0. The van der Waals surface area contributed by atoms with Crippen molar-refractivity contribution in [2.75, 3.05) is 6.54 Å². The van der Waals surface area contributed by atoms with Gasteiger partial charge in [0.1, 0.15) is 0 Å². The van der Waals surface area contributed by atoms with E-state index in [0.717, 1.165) is 41.2 Å². The molecule has 1 aromatic carbocycles. The van der Waals surface area contributed by atoms with Gasteiger partial charge in [0.15, 0.2) is 0 Å². The quantitative estimate of drug-likeness (QED) is 0.860. The van der Waals surface area contributed by atoms with Crippen molar-refractivity contribution in [3.63, 3.8) is 0 Å². The molecule has 1 aromatic heterocycles. The minimum Gasteiger partial charge on any atom is -0.332 e. The molecule has 3 rings (SSSR count). The molecule has 0 bridgehead atoms. The molecule has 0 N–H and O–H groups in total. The summed E-state index contributed by atoms with van der Waals surface area (Å²) in [5.74, 6) is 0.132. The lowest BCUT2D eigenvalue weighted by atomic mass is 9.99. The number of thiazole rings is 1. The van der Waals surface area contributed by atoms with E-state index < -0.39 is 0 Å². The third kappa shape index (κ3) is 2.40. The third-order valence-electron chi connectivity index (χ3n) is 3.44. The lowest BCUT2D eigenvalue weighted by Crippen LogP contribution is -2.37. The Hall–Kier alpha value is -1.68. The van der Waals surface area contributed by atoms with Crippen LogP contribution in [0.15, 0.2) is 29.6 Å². The number of rotatable bonds is 3. The van der Waals surface area contributed by atoms with Crippen molar-refractivity contribution >= 4 is 17.2 Å². The van der Waals surface area contributed by atoms with E-state index in [1.54, 1.807) is 11.3 Å². The van der Waals surface area contributed by atoms with Gasteiger partial charge in [0, 0.05) is 17.5 Å². The van der Waals surface area contributed by atoms with Crippen molar-refractivity contribution in [1.82, 2.24) is 9.88 Å². The summed E-state index contributed by atoms with van der Waals surface area (Å²) in [5, 5.41) is 3.20. The average molecular weight is 272 g/mol. The number of nitrogens with zero attached hydrogens (tertiary/aromatic N) is 2. The Morgan fingerprint density at radius 1 is 1.37 bits per heavy atom. The second-order valence-electron chi connectivity index (χ2n) is 4.72. The van der Waals surface area contributed by atoms with Crippen LogP contribution in [0.25, 0.3) is 0 Å². The van der Waals surface area contributed by atoms with E-state index in [2.05, 4.69) is 17.3 Å². The topological polar surface area (TPSA) is 33.2 Å². The highest BCUT2D eigenvalue weighted by atomic mass is 32.1. The fourth-order valence-electron chi connectivity index (χ4n) is 2.40. The van der Waals surface area contributed by atoms with E-state index in [0.29, 0.717) is 6.54 Å². The second kappa shape index (κ2) is 5.13. The number of aryl methyl sites for hydroxylation is 1. The van der Waals surface area contributed by atoms with Crippen LogP contribution < -0.4 is 0 Å². The molecule has 4 heteroatoms. The van der Waals surface area contributed by atoms with Gasteiger partial charge in [-0.15, -0.1) is 11.3 Å². The van der Waals surface area contributed by atoms with Gasteiger partial charge in [0.05, 0.1) is 17.2 Å². The van der Waals surface area contributed by atoms with Gasteiger partial charge in [0.25, 0.3) is 5.91 Å². The van der Waals surface area contributed by atoms with E-state index in [4.69, 9.17) is 0 Å².